The van der Waals surface area contributed by atoms with E-state index < -0.39 is 5.97 Å². The van der Waals surface area contributed by atoms with Gasteiger partial charge in [-0.25, -0.2) is 0 Å². The number of rotatable bonds is 5. The van der Waals surface area contributed by atoms with E-state index in [1.807, 2.05) is 0 Å². The first kappa shape index (κ1) is 24.7. The van der Waals surface area contributed by atoms with Crippen molar-refractivity contribution in [3.63, 3.8) is 0 Å². The van der Waals surface area contributed by atoms with Crippen molar-refractivity contribution in [2.24, 2.45) is 5.92 Å². The SMILES string of the molecule is CC(C)CN1CCOCCOc2ccc(C(=O)N(C)CC(=O)O)cc2Cc2cccc(c2)C1. The Bertz CT molecular complexity index is 959. The smallest absolute Gasteiger partial charge is 0.323 e. The maximum atomic E-state index is 12.7. The highest BCUT2D eigenvalue weighted by atomic mass is 16.5. The van der Waals surface area contributed by atoms with E-state index in [9.17, 15) is 9.59 Å². The average molecular weight is 455 g/mol. The molecule has 2 bridgehead atoms. The average Bonchev–Trinajstić information content (AvgIpc) is 2.75. The van der Waals surface area contributed by atoms with Crippen LogP contribution >= 0.6 is 0 Å². The van der Waals surface area contributed by atoms with Gasteiger partial charge in [-0.2, -0.15) is 0 Å². The molecule has 1 heterocycles. The number of carboxylic acid groups (broad SMARTS) is 1. The number of likely N-dealkylation sites (N-methyl/N-ethyl adjacent to an activating group) is 1. The molecule has 0 fully saturated rings. The van der Waals surface area contributed by atoms with Crippen LogP contribution in [0, 0.1) is 5.92 Å². The fourth-order valence-electron chi connectivity index (χ4n) is 4.06. The normalized spacial score (nSPS) is 15.3. The van der Waals surface area contributed by atoms with Crippen molar-refractivity contribution in [3.05, 3.63) is 64.7 Å². The molecule has 1 aliphatic heterocycles. The summed E-state index contributed by atoms with van der Waals surface area (Å²) in [5.74, 6) is -0.103. The van der Waals surface area contributed by atoms with Gasteiger partial charge in [0.25, 0.3) is 5.91 Å². The zero-order valence-electron chi connectivity index (χ0n) is 19.8. The molecule has 3 rings (SSSR count). The zero-order valence-corrected chi connectivity index (χ0v) is 19.8. The number of fused-ring (bicyclic) bond motifs is 3. The first-order valence-corrected chi connectivity index (χ1v) is 11.4. The minimum absolute atomic E-state index is 0.332. The predicted molar refractivity (Wildman–Crippen MR) is 127 cm³/mol. The summed E-state index contributed by atoms with van der Waals surface area (Å²) in [4.78, 5) is 27.3. The number of ether oxygens (including phenoxy) is 2. The molecule has 7 heteroatoms. The van der Waals surface area contributed by atoms with Crippen molar-refractivity contribution in [1.29, 1.82) is 0 Å². The van der Waals surface area contributed by atoms with Gasteiger partial charge >= 0.3 is 5.97 Å². The second-order valence-electron chi connectivity index (χ2n) is 8.96. The Labute approximate surface area is 195 Å². The quantitative estimate of drug-likeness (QED) is 0.747. The fraction of sp³-hybridized carbons (Fsp3) is 0.462. The summed E-state index contributed by atoms with van der Waals surface area (Å²) < 4.78 is 11.8. The van der Waals surface area contributed by atoms with Crippen LogP contribution in [0.25, 0.3) is 0 Å². The number of benzene rings is 2. The second kappa shape index (κ2) is 11.8. The van der Waals surface area contributed by atoms with Crippen molar-refractivity contribution in [2.75, 3.05) is 46.5 Å². The van der Waals surface area contributed by atoms with Crippen LogP contribution in [0.2, 0.25) is 0 Å². The molecular formula is C26H34N2O5. The number of amides is 1. The lowest BCUT2D eigenvalue weighted by atomic mass is 9.99. The van der Waals surface area contributed by atoms with Crippen molar-refractivity contribution in [1.82, 2.24) is 9.80 Å². The van der Waals surface area contributed by atoms with Crippen LogP contribution in [0.4, 0.5) is 0 Å². The van der Waals surface area contributed by atoms with E-state index in [4.69, 9.17) is 14.6 Å². The lowest BCUT2D eigenvalue weighted by molar-refractivity contribution is -0.137. The van der Waals surface area contributed by atoms with E-state index in [0.29, 0.717) is 43.5 Å². The first-order chi connectivity index (χ1) is 15.8. The molecule has 2 aromatic rings. The van der Waals surface area contributed by atoms with Gasteiger partial charge < -0.3 is 19.5 Å². The highest BCUT2D eigenvalue weighted by Gasteiger charge is 2.17. The molecule has 0 unspecified atom stereocenters. The zero-order chi connectivity index (χ0) is 23.8. The number of carboxylic acids is 1. The van der Waals surface area contributed by atoms with E-state index in [0.717, 1.165) is 30.8 Å². The number of carbonyl (C=O) groups excluding carboxylic acids is 1. The van der Waals surface area contributed by atoms with E-state index in [2.05, 4.69) is 43.0 Å². The van der Waals surface area contributed by atoms with Gasteiger partial charge in [-0.15, -0.1) is 0 Å². The predicted octanol–water partition coefficient (Wildman–Crippen LogP) is 3.30. The van der Waals surface area contributed by atoms with Gasteiger partial charge in [0.15, 0.2) is 0 Å². The van der Waals surface area contributed by atoms with Gasteiger partial charge in [0.1, 0.15) is 18.9 Å². The molecular weight excluding hydrogens is 420 g/mol. The summed E-state index contributed by atoms with van der Waals surface area (Å²) in [6, 6.07) is 13.8. The molecule has 0 aliphatic carbocycles. The Morgan fingerprint density at radius 2 is 1.88 bits per heavy atom. The third kappa shape index (κ3) is 7.58. The molecule has 1 N–H and O–H groups in total. The van der Waals surface area contributed by atoms with Gasteiger partial charge in [-0.3, -0.25) is 14.5 Å². The molecule has 33 heavy (non-hydrogen) atoms. The van der Waals surface area contributed by atoms with Crippen molar-refractivity contribution in [3.8, 4) is 5.75 Å². The van der Waals surface area contributed by atoms with Crippen LogP contribution in [0.1, 0.15) is 40.9 Å². The van der Waals surface area contributed by atoms with Gasteiger partial charge in [0.2, 0.25) is 0 Å². The topological polar surface area (TPSA) is 79.3 Å². The van der Waals surface area contributed by atoms with Crippen molar-refractivity contribution >= 4 is 11.9 Å². The highest BCUT2D eigenvalue weighted by Crippen LogP contribution is 2.25. The standard InChI is InChI=1S/C26H34N2O5/c1-19(2)16-28-9-10-32-11-12-33-24-8-7-22(26(31)27(3)18-25(29)30)15-23(24)14-20-5-4-6-21(13-20)17-28/h4-8,13,15,19H,9-12,14,16-18H2,1-3H3,(H,29,30). The molecule has 0 aromatic heterocycles. The molecule has 0 radical (unpaired) electrons. The van der Waals surface area contributed by atoms with E-state index >= 15 is 0 Å². The van der Waals surface area contributed by atoms with Crippen LogP contribution < -0.4 is 4.74 Å². The minimum atomic E-state index is -1.05. The maximum absolute atomic E-state index is 12.7. The Kier molecular flexibility index (Phi) is 8.86. The molecule has 1 aliphatic rings. The third-order valence-electron chi connectivity index (χ3n) is 5.48. The Balaban J connectivity index is 1.89. The van der Waals surface area contributed by atoms with Crippen LogP contribution in [0.3, 0.4) is 0 Å². The number of nitrogens with zero attached hydrogens (tertiary/aromatic N) is 2. The van der Waals surface area contributed by atoms with Crippen molar-refractivity contribution in [2.45, 2.75) is 26.8 Å². The molecule has 1 amide bonds. The summed E-state index contributed by atoms with van der Waals surface area (Å²) in [6.45, 7) is 8.38. The summed E-state index contributed by atoms with van der Waals surface area (Å²) in [7, 11) is 1.49. The van der Waals surface area contributed by atoms with Crippen LogP contribution in [0.5, 0.6) is 5.75 Å². The maximum Gasteiger partial charge on any atom is 0.323 e. The summed E-state index contributed by atoms with van der Waals surface area (Å²) in [6.07, 6.45) is 0.609. The number of hydrogen-bond donors (Lipinski definition) is 1. The summed E-state index contributed by atoms with van der Waals surface area (Å²) in [5.41, 5.74) is 3.70. The molecule has 7 nitrogen and oxygen atoms in total. The van der Waals surface area contributed by atoms with E-state index in [1.54, 1.807) is 18.2 Å². The number of aliphatic carboxylic acids is 1. The molecule has 178 valence electrons. The summed E-state index contributed by atoms with van der Waals surface area (Å²) >= 11 is 0. The highest BCUT2D eigenvalue weighted by molar-refractivity contribution is 5.96. The molecule has 0 atom stereocenters. The van der Waals surface area contributed by atoms with Gasteiger partial charge in [0.05, 0.1) is 13.2 Å². The largest absolute Gasteiger partial charge is 0.491 e. The van der Waals surface area contributed by atoms with Crippen molar-refractivity contribution < 1.29 is 24.2 Å². The first-order valence-electron chi connectivity index (χ1n) is 11.4. The van der Waals surface area contributed by atoms with Crippen LogP contribution in [-0.2, 0) is 22.5 Å². The van der Waals surface area contributed by atoms with Crippen LogP contribution in [0.15, 0.2) is 42.5 Å². The van der Waals surface area contributed by atoms with Crippen LogP contribution in [-0.4, -0.2) is 73.3 Å². The Morgan fingerprint density at radius 1 is 1.09 bits per heavy atom. The fourth-order valence-corrected chi connectivity index (χ4v) is 4.06. The molecule has 0 saturated carbocycles. The lowest BCUT2D eigenvalue weighted by Crippen LogP contribution is -2.32. The lowest BCUT2D eigenvalue weighted by Gasteiger charge is -2.25. The van der Waals surface area contributed by atoms with E-state index in [-0.39, 0.29) is 12.5 Å². The Morgan fingerprint density at radius 3 is 2.64 bits per heavy atom. The van der Waals surface area contributed by atoms with E-state index in [1.165, 1.54) is 17.5 Å². The van der Waals surface area contributed by atoms with Gasteiger partial charge in [-0.1, -0.05) is 38.1 Å². The summed E-state index contributed by atoms with van der Waals surface area (Å²) in [5, 5.41) is 9.01. The van der Waals surface area contributed by atoms with Gasteiger partial charge in [-0.05, 0) is 40.8 Å². The number of carbonyl (C=O) groups is 2. The Hall–Kier alpha value is -2.90. The molecule has 2 aromatic carbocycles. The molecule has 0 saturated heterocycles. The monoisotopic (exact) mass is 454 g/mol. The second-order valence-corrected chi connectivity index (χ2v) is 8.96. The molecule has 0 spiro atoms. The number of hydrogen-bond acceptors (Lipinski definition) is 5. The third-order valence-corrected chi connectivity index (χ3v) is 5.48. The van der Waals surface area contributed by atoms with Gasteiger partial charge in [0, 0.05) is 38.7 Å². The minimum Gasteiger partial charge on any atom is -0.491 e.